The van der Waals surface area contributed by atoms with Gasteiger partial charge in [0.15, 0.2) is 0 Å². The second-order valence-corrected chi connectivity index (χ2v) is 7.23. The van der Waals surface area contributed by atoms with E-state index in [0.29, 0.717) is 5.54 Å². The van der Waals surface area contributed by atoms with E-state index in [2.05, 4.69) is 29.6 Å². The molecular formula is C19H27N. The Morgan fingerprint density at radius 3 is 2.30 bits per heavy atom. The zero-order valence-corrected chi connectivity index (χ0v) is 12.5. The van der Waals surface area contributed by atoms with E-state index in [0.717, 1.165) is 11.8 Å². The first-order valence-corrected chi connectivity index (χ1v) is 8.74. The summed E-state index contributed by atoms with van der Waals surface area (Å²) in [4.78, 5) is 0. The normalized spacial score (nSPS) is 31.6. The van der Waals surface area contributed by atoms with E-state index >= 15 is 0 Å². The minimum atomic E-state index is 0.314. The number of nitrogens with one attached hydrogen (secondary N) is 1. The van der Waals surface area contributed by atoms with E-state index in [1.165, 1.54) is 64.3 Å². The standard InChI is InChI=1S/C19H27N/c1-2-13-19(18-11-12-18,20-14-3-1)17-9-7-16(8-10-17)15-5-4-6-15/h7-10,15,18,20H,1-6,11-14H2. The van der Waals surface area contributed by atoms with Gasteiger partial charge >= 0.3 is 0 Å². The van der Waals surface area contributed by atoms with Crippen molar-refractivity contribution in [3.8, 4) is 0 Å². The zero-order valence-electron chi connectivity index (χ0n) is 12.5. The number of benzene rings is 1. The van der Waals surface area contributed by atoms with Crippen molar-refractivity contribution in [2.75, 3.05) is 6.54 Å². The molecule has 3 aliphatic rings. The van der Waals surface area contributed by atoms with E-state index in [4.69, 9.17) is 0 Å². The van der Waals surface area contributed by atoms with Gasteiger partial charge in [0.25, 0.3) is 0 Å². The highest BCUT2D eigenvalue weighted by Crippen LogP contribution is 2.49. The fourth-order valence-electron chi connectivity index (χ4n) is 4.31. The maximum atomic E-state index is 3.95. The van der Waals surface area contributed by atoms with E-state index in [9.17, 15) is 0 Å². The Bertz CT molecular complexity index is 445. The number of rotatable bonds is 3. The van der Waals surface area contributed by atoms with Crippen molar-refractivity contribution >= 4 is 0 Å². The van der Waals surface area contributed by atoms with E-state index < -0.39 is 0 Å². The molecule has 1 aromatic carbocycles. The summed E-state index contributed by atoms with van der Waals surface area (Å²) in [7, 11) is 0. The van der Waals surface area contributed by atoms with Crippen LogP contribution in [0.1, 0.15) is 74.8 Å². The van der Waals surface area contributed by atoms with Crippen LogP contribution in [0.5, 0.6) is 0 Å². The molecule has 0 aromatic heterocycles. The molecule has 1 aromatic rings. The maximum absolute atomic E-state index is 3.95. The van der Waals surface area contributed by atoms with Crippen LogP contribution in [0, 0.1) is 5.92 Å². The lowest BCUT2D eigenvalue weighted by Crippen LogP contribution is -2.43. The fourth-order valence-corrected chi connectivity index (χ4v) is 4.31. The summed E-state index contributed by atoms with van der Waals surface area (Å²) >= 11 is 0. The van der Waals surface area contributed by atoms with Crippen LogP contribution < -0.4 is 5.32 Å². The Kier molecular flexibility index (Phi) is 3.34. The average Bonchev–Trinajstić information content (AvgIpc) is 3.25. The molecule has 0 spiro atoms. The van der Waals surface area contributed by atoms with Gasteiger partial charge < -0.3 is 5.32 Å². The molecule has 4 rings (SSSR count). The molecule has 1 nitrogen and oxygen atoms in total. The van der Waals surface area contributed by atoms with Crippen molar-refractivity contribution in [1.29, 1.82) is 0 Å². The Morgan fingerprint density at radius 2 is 1.65 bits per heavy atom. The first-order chi connectivity index (χ1) is 9.88. The quantitative estimate of drug-likeness (QED) is 0.837. The van der Waals surface area contributed by atoms with Gasteiger partial charge in [-0.05, 0) is 68.0 Å². The molecule has 108 valence electrons. The summed E-state index contributed by atoms with van der Waals surface area (Å²) < 4.78 is 0. The van der Waals surface area contributed by atoms with Crippen molar-refractivity contribution in [3.63, 3.8) is 0 Å². The third-order valence-corrected chi connectivity index (χ3v) is 5.97. The molecule has 0 radical (unpaired) electrons. The molecule has 0 amide bonds. The highest BCUT2D eigenvalue weighted by Gasteiger charge is 2.46. The molecule has 1 aliphatic heterocycles. The summed E-state index contributed by atoms with van der Waals surface area (Å²) in [6, 6.07) is 9.75. The SMILES string of the molecule is c1cc(C2(C3CC3)CCCCCN2)ccc1C1CCC1. The Labute approximate surface area is 123 Å². The fraction of sp³-hybridized carbons (Fsp3) is 0.684. The summed E-state index contributed by atoms with van der Waals surface area (Å²) in [5.41, 5.74) is 3.47. The number of hydrogen-bond acceptors (Lipinski definition) is 1. The summed E-state index contributed by atoms with van der Waals surface area (Å²) in [6.45, 7) is 1.21. The van der Waals surface area contributed by atoms with E-state index in [1.54, 1.807) is 11.1 Å². The first-order valence-electron chi connectivity index (χ1n) is 8.74. The molecule has 20 heavy (non-hydrogen) atoms. The van der Waals surface area contributed by atoms with Crippen LogP contribution in [0.15, 0.2) is 24.3 Å². The smallest absolute Gasteiger partial charge is 0.0463 e. The Balaban J connectivity index is 1.61. The van der Waals surface area contributed by atoms with Gasteiger partial charge in [0.1, 0.15) is 0 Å². The molecule has 1 saturated heterocycles. The minimum Gasteiger partial charge on any atom is -0.307 e. The molecule has 1 unspecified atom stereocenters. The van der Waals surface area contributed by atoms with Crippen molar-refractivity contribution in [2.24, 2.45) is 5.92 Å². The van der Waals surface area contributed by atoms with Gasteiger partial charge in [-0.25, -0.2) is 0 Å². The molecular weight excluding hydrogens is 242 g/mol. The molecule has 1 N–H and O–H groups in total. The maximum Gasteiger partial charge on any atom is 0.0463 e. The zero-order chi connectivity index (χ0) is 13.4. The largest absolute Gasteiger partial charge is 0.307 e. The second-order valence-electron chi connectivity index (χ2n) is 7.23. The highest BCUT2D eigenvalue weighted by molar-refractivity contribution is 5.33. The first kappa shape index (κ1) is 12.9. The predicted octanol–water partition coefficient (Wildman–Crippen LogP) is 4.72. The van der Waals surface area contributed by atoms with Crippen LogP contribution in [-0.2, 0) is 5.54 Å². The highest BCUT2D eigenvalue weighted by atomic mass is 15.0. The van der Waals surface area contributed by atoms with Gasteiger partial charge in [-0.15, -0.1) is 0 Å². The summed E-state index contributed by atoms with van der Waals surface area (Å²) in [5, 5.41) is 3.95. The monoisotopic (exact) mass is 269 g/mol. The lowest BCUT2D eigenvalue weighted by atomic mass is 9.77. The van der Waals surface area contributed by atoms with Gasteiger partial charge in [-0.2, -0.15) is 0 Å². The van der Waals surface area contributed by atoms with E-state index in [-0.39, 0.29) is 0 Å². The Hall–Kier alpha value is -0.820. The van der Waals surface area contributed by atoms with Crippen LogP contribution >= 0.6 is 0 Å². The van der Waals surface area contributed by atoms with Gasteiger partial charge in [0.2, 0.25) is 0 Å². The molecule has 2 aliphatic carbocycles. The number of hydrogen-bond donors (Lipinski definition) is 1. The van der Waals surface area contributed by atoms with E-state index in [1.807, 2.05) is 0 Å². The topological polar surface area (TPSA) is 12.0 Å². The molecule has 1 heteroatoms. The van der Waals surface area contributed by atoms with Crippen LogP contribution in [0.2, 0.25) is 0 Å². The lowest BCUT2D eigenvalue weighted by Gasteiger charge is -2.35. The summed E-state index contributed by atoms with van der Waals surface area (Å²) in [6.07, 6.45) is 12.6. The lowest BCUT2D eigenvalue weighted by molar-refractivity contribution is 0.279. The Morgan fingerprint density at radius 1 is 0.850 bits per heavy atom. The average molecular weight is 269 g/mol. The van der Waals surface area contributed by atoms with Gasteiger partial charge in [-0.1, -0.05) is 43.5 Å². The third kappa shape index (κ3) is 2.20. The third-order valence-electron chi connectivity index (χ3n) is 5.97. The van der Waals surface area contributed by atoms with Crippen LogP contribution in [0.3, 0.4) is 0 Å². The van der Waals surface area contributed by atoms with Crippen molar-refractivity contribution in [1.82, 2.24) is 5.32 Å². The molecule has 1 atom stereocenters. The van der Waals surface area contributed by atoms with Crippen LogP contribution in [-0.4, -0.2) is 6.54 Å². The molecule has 0 bridgehead atoms. The minimum absolute atomic E-state index is 0.314. The molecule has 3 fully saturated rings. The van der Waals surface area contributed by atoms with Crippen molar-refractivity contribution in [2.45, 2.75) is 69.2 Å². The van der Waals surface area contributed by atoms with Gasteiger partial charge in [0, 0.05) is 5.54 Å². The predicted molar refractivity (Wildman–Crippen MR) is 83.9 cm³/mol. The van der Waals surface area contributed by atoms with Gasteiger partial charge in [0.05, 0.1) is 0 Å². The van der Waals surface area contributed by atoms with Crippen molar-refractivity contribution < 1.29 is 0 Å². The van der Waals surface area contributed by atoms with Crippen LogP contribution in [0.4, 0.5) is 0 Å². The molecule has 2 saturated carbocycles. The van der Waals surface area contributed by atoms with Gasteiger partial charge in [-0.3, -0.25) is 0 Å². The second kappa shape index (κ2) is 5.18. The van der Waals surface area contributed by atoms with Crippen molar-refractivity contribution in [3.05, 3.63) is 35.4 Å². The summed E-state index contributed by atoms with van der Waals surface area (Å²) in [5.74, 6) is 1.76. The molecule has 1 heterocycles. The van der Waals surface area contributed by atoms with Crippen LogP contribution in [0.25, 0.3) is 0 Å².